The predicted octanol–water partition coefficient (Wildman–Crippen LogP) is 6.02. The van der Waals surface area contributed by atoms with Crippen molar-refractivity contribution in [3.63, 3.8) is 0 Å². The molecule has 0 spiro atoms. The number of ether oxygens (including phenoxy) is 1. The Bertz CT molecular complexity index is 784. The summed E-state index contributed by atoms with van der Waals surface area (Å²) >= 11 is 5.88. The van der Waals surface area contributed by atoms with Crippen molar-refractivity contribution in [1.29, 1.82) is 5.26 Å². The number of unbranched alkanes of at least 4 members (excludes halogenated alkanes) is 4. The smallest absolute Gasteiger partial charge is 0.349 e. The SMILES string of the molecule is CCCCCCCOC(=O)C(C#N)=Cc1ccc(-c2ccc(Cl)cc2)o1. The van der Waals surface area contributed by atoms with E-state index in [1.165, 1.54) is 18.9 Å². The van der Waals surface area contributed by atoms with Crippen molar-refractivity contribution in [3.8, 4) is 17.4 Å². The van der Waals surface area contributed by atoms with Crippen molar-refractivity contribution >= 4 is 23.6 Å². The Hall–Kier alpha value is -2.51. The zero-order valence-corrected chi connectivity index (χ0v) is 15.6. The lowest BCUT2D eigenvalue weighted by Crippen LogP contribution is -2.07. The fourth-order valence-electron chi connectivity index (χ4n) is 2.43. The molecule has 0 aliphatic heterocycles. The number of halogens is 1. The molecule has 0 bridgehead atoms. The van der Waals surface area contributed by atoms with Crippen molar-refractivity contribution in [2.45, 2.75) is 39.0 Å². The summed E-state index contributed by atoms with van der Waals surface area (Å²) in [5, 5.41) is 9.85. The molecule has 2 aromatic rings. The van der Waals surface area contributed by atoms with E-state index in [0.717, 1.165) is 24.8 Å². The van der Waals surface area contributed by atoms with Crippen LogP contribution in [0.4, 0.5) is 0 Å². The maximum absolute atomic E-state index is 12.0. The van der Waals surface area contributed by atoms with E-state index in [4.69, 9.17) is 20.8 Å². The molecule has 5 heteroatoms. The summed E-state index contributed by atoms with van der Waals surface area (Å²) in [7, 11) is 0. The molecule has 1 aromatic carbocycles. The highest BCUT2D eigenvalue weighted by molar-refractivity contribution is 6.30. The van der Waals surface area contributed by atoms with Gasteiger partial charge < -0.3 is 9.15 Å². The van der Waals surface area contributed by atoms with Crippen molar-refractivity contribution in [1.82, 2.24) is 0 Å². The van der Waals surface area contributed by atoms with Gasteiger partial charge in [-0.05, 0) is 42.8 Å². The lowest BCUT2D eigenvalue weighted by atomic mass is 10.2. The Morgan fingerprint density at radius 3 is 2.58 bits per heavy atom. The molecule has 4 nitrogen and oxygen atoms in total. The van der Waals surface area contributed by atoms with E-state index < -0.39 is 5.97 Å². The average Bonchev–Trinajstić information content (AvgIpc) is 3.11. The van der Waals surface area contributed by atoms with Crippen molar-refractivity contribution in [2.24, 2.45) is 0 Å². The Morgan fingerprint density at radius 2 is 1.88 bits per heavy atom. The second kappa shape index (κ2) is 10.5. The normalized spacial score (nSPS) is 11.2. The van der Waals surface area contributed by atoms with Gasteiger partial charge in [0.2, 0.25) is 0 Å². The first-order chi connectivity index (χ1) is 12.6. The van der Waals surface area contributed by atoms with E-state index >= 15 is 0 Å². The first-order valence-electron chi connectivity index (χ1n) is 8.78. The minimum Gasteiger partial charge on any atom is -0.462 e. The highest BCUT2D eigenvalue weighted by atomic mass is 35.5. The first kappa shape index (κ1) is 19.8. The van der Waals surface area contributed by atoms with Crippen LogP contribution in [0.2, 0.25) is 5.02 Å². The number of hydrogen-bond donors (Lipinski definition) is 0. The first-order valence-corrected chi connectivity index (χ1v) is 9.16. The zero-order valence-electron chi connectivity index (χ0n) is 14.8. The van der Waals surface area contributed by atoms with Gasteiger partial charge in [-0.3, -0.25) is 0 Å². The minimum absolute atomic E-state index is 0.0736. The highest BCUT2D eigenvalue weighted by Crippen LogP contribution is 2.25. The topological polar surface area (TPSA) is 63.2 Å². The Labute approximate surface area is 159 Å². The molecule has 1 aromatic heterocycles. The molecule has 0 atom stereocenters. The molecular formula is C21H22ClNO3. The van der Waals surface area contributed by atoms with Crippen LogP contribution in [0.15, 0.2) is 46.4 Å². The molecule has 0 fully saturated rings. The number of nitrogens with zero attached hydrogens (tertiary/aromatic N) is 1. The van der Waals surface area contributed by atoms with Gasteiger partial charge in [0.15, 0.2) is 0 Å². The second-order valence-corrected chi connectivity index (χ2v) is 6.37. The van der Waals surface area contributed by atoms with Gasteiger partial charge in [0.05, 0.1) is 6.61 Å². The van der Waals surface area contributed by atoms with Gasteiger partial charge in [-0.15, -0.1) is 0 Å². The van der Waals surface area contributed by atoms with Crippen molar-refractivity contribution in [3.05, 3.63) is 52.8 Å². The number of carbonyl (C=O) groups excluding carboxylic acids is 1. The predicted molar refractivity (Wildman–Crippen MR) is 102 cm³/mol. The van der Waals surface area contributed by atoms with E-state index in [0.29, 0.717) is 23.2 Å². The number of furan rings is 1. The van der Waals surface area contributed by atoms with Gasteiger partial charge in [-0.2, -0.15) is 5.26 Å². The van der Waals surface area contributed by atoms with Gasteiger partial charge in [0.25, 0.3) is 0 Å². The Morgan fingerprint density at radius 1 is 1.15 bits per heavy atom. The van der Waals surface area contributed by atoms with Crippen LogP contribution in [0.3, 0.4) is 0 Å². The van der Waals surface area contributed by atoms with Gasteiger partial charge >= 0.3 is 5.97 Å². The fourth-order valence-corrected chi connectivity index (χ4v) is 2.55. The Balaban J connectivity index is 1.95. The third-order valence-corrected chi connectivity index (χ3v) is 4.12. The fraction of sp³-hybridized carbons (Fsp3) is 0.333. The molecule has 0 radical (unpaired) electrons. The number of hydrogen-bond acceptors (Lipinski definition) is 4. The summed E-state index contributed by atoms with van der Waals surface area (Å²) in [5.41, 5.74) is 0.790. The molecule has 0 aliphatic rings. The van der Waals surface area contributed by atoms with Crippen LogP contribution in [0.1, 0.15) is 44.8 Å². The molecule has 1 heterocycles. The summed E-state index contributed by atoms with van der Waals surface area (Å²) in [6.07, 6.45) is 6.73. The van der Waals surface area contributed by atoms with Crippen molar-refractivity contribution in [2.75, 3.05) is 6.61 Å². The largest absolute Gasteiger partial charge is 0.462 e. The van der Waals surface area contributed by atoms with Gasteiger partial charge in [0.1, 0.15) is 23.2 Å². The third-order valence-electron chi connectivity index (χ3n) is 3.86. The van der Waals surface area contributed by atoms with E-state index in [2.05, 4.69) is 6.92 Å². The van der Waals surface area contributed by atoms with Crippen LogP contribution >= 0.6 is 11.6 Å². The second-order valence-electron chi connectivity index (χ2n) is 5.93. The minimum atomic E-state index is -0.618. The van der Waals surface area contributed by atoms with E-state index in [-0.39, 0.29) is 5.57 Å². The van der Waals surface area contributed by atoms with E-state index in [1.54, 1.807) is 24.3 Å². The summed E-state index contributed by atoms with van der Waals surface area (Å²) in [5.74, 6) is 0.438. The quantitative estimate of drug-likeness (QED) is 0.234. The summed E-state index contributed by atoms with van der Waals surface area (Å²) in [6.45, 7) is 2.48. The standard InChI is InChI=1S/C21H22ClNO3/c1-2-3-4-5-6-13-25-21(24)17(15-23)14-19-11-12-20(26-19)16-7-9-18(22)10-8-16/h7-12,14H,2-6,13H2,1H3. The summed E-state index contributed by atoms with van der Waals surface area (Å²) in [4.78, 5) is 12.0. The number of esters is 1. The Kier molecular flexibility index (Phi) is 7.98. The van der Waals surface area contributed by atoms with Crippen LogP contribution in [-0.4, -0.2) is 12.6 Å². The van der Waals surface area contributed by atoms with Crippen LogP contribution in [0.5, 0.6) is 0 Å². The molecule has 0 saturated heterocycles. The maximum Gasteiger partial charge on any atom is 0.349 e. The van der Waals surface area contributed by atoms with Gasteiger partial charge in [0, 0.05) is 16.7 Å². The lowest BCUT2D eigenvalue weighted by Gasteiger charge is -2.03. The number of carbonyl (C=O) groups is 1. The maximum atomic E-state index is 12.0. The molecule has 0 N–H and O–H groups in total. The molecular weight excluding hydrogens is 350 g/mol. The molecule has 2 rings (SSSR count). The third kappa shape index (κ3) is 6.09. The van der Waals surface area contributed by atoms with Crippen LogP contribution in [0, 0.1) is 11.3 Å². The van der Waals surface area contributed by atoms with Crippen LogP contribution < -0.4 is 0 Å². The van der Waals surface area contributed by atoms with E-state index in [1.807, 2.05) is 18.2 Å². The number of benzene rings is 1. The number of rotatable bonds is 9. The van der Waals surface area contributed by atoms with Crippen LogP contribution in [0.25, 0.3) is 17.4 Å². The summed E-state index contributed by atoms with van der Waals surface area (Å²) in [6, 6.07) is 12.6. The van der Waals surface area contributed by atoms with Gasteiger partial charge in [-0.1, -0.05) is 44.2 Å². The van der Waals surface area contributed by atoms with E-state index in [9.17, 15) is 10.1 Å². The molecule has 26 heavy (non-hydrogen) atoms. The van der Waals surface area contributed by atoms with Crippen molar-refractivity contribution < 1.29 is 13.9 Å². The molecule has 0 aliphatic carbocycles. The van der Waals surface area contributed by atoms with Crippen LogP contribution in [-0.2, 0) is 9.53 Å². The zero-order chi connectivity index (χ0) is 18.8. The molecule has 0 saturated carbocycles. The molecule has 0 amide bonds. The number of nitriles is 1. The lowest BCUT2D eigenvalue weighted by molar-refractivity contribution is -0.138. The molecule has 0 unspecified atom stereocenters. The highest BCUT2D eigenvalue weighted by Gasteiger charge is 2.12. The average molecular weight is 372 g/mol. The monoisotopic (exact) mass is 371 g/mol. The molecule has 136 valence electrons. The summed E-state index contributed by atoms with van der Waals surface area (Å²) < 4.78 is 10.8. The van der Waals surface area contributed by atoms with Gasteiger partial charge in [-0.25, -0.2) is 4.79 Å².